The molecule has 0 bridgehead atoms. The molecule has 3 N–H and O–H groups in total. The quantitative estimate of drug-likeness (QED) is 0.473. The van der Waals surface area contributed by atoms with E-state index in [1.807, 2.05) is 11.4 Å². The van der Waals surface area contributed by atoms with Gasteiger partial charge in [0.05, 0.1) is 4.88 Å². The highest BCUT2D eigenvalue weighted by Gasteiger charge is 2.09. The molecule has 0 saturated heterocycles. The molecule has 29 heavy (non-hydrogen) atoms. The fourth-order valence-electron chi connectivity index (χ4n) is 2.49. The Morgan fingerprint density at radius 1 is 0.862 bits per heavy atom. The number of benzene rings is 2. The van der Waals surface area contributed by atoms with Crippen LogP contribution in [0.4, 0.5) is 11.4 Å². The third-order valence-corrected chi connectivity index (χ3v) is 5.29. The molecular formula is C21H18BrN3O3S. The maximum Gasteiger partial charge on any atom is 0.265 e. The van der Waals surface area contributed by atoms with E-state index in [1.165, 1.54) is 11.3 Å². The Kier molecular flexibility index (Phi) is 7.15. The highest BCUT2D eigenvalue weighted by molar-refractivity contribution is 9.10. The van der Waals surface area contributed by atoms with Crippen LogP contribution in [0.25, 0.3) is 0 Å². The van der Waals surface area contributed by atoms with Gasteiger partial charge in [-0.05, 0) is 53.9 Å². The molecule has 1 aromatic heterocycles. The van der Waals surface area contributed by atoms with Crippen molar-refractivity contribution in [1.29, 1.82) is 0 Å². The van der Waals surface area contributed by atoms with Gasteiger partial charge in [0, 0.05) is 34.4 Å². The first-order valence-electron chi connectivity index (χ1n) is 8.80. The molecule has 0 saturated carbocycles. The van der Waals surface area contributed by atoms with Crippen LogP contribution in [0.5, 0.6) is 0 Å². The monoisotopic (exact) mass is 471 g/mol. The van der Waals surface area contributed by atoms with Crippen molar-refractivity contribution in [3.8, 4) is 0 Å². The van der Waals surface area contributed by atoms with E-state index in [9.17, 15) is 14.4 Å². The predicted molar refractivity (Wildman–Crippen MR) is 118 cm³/mol. The van der Waals surface area contributed by atoms with Crippen LogP contribution in [-0.4, -0.2) is 24.3 Å². The van der Waals surface area contributed by atoms with Crippen LogP contribution in [0.15, 0.2) is 70.5 Å². The van der Waals surface area contributed by atoms with Gasteiger partial charge < -0.3 is 16.0 Å². The summed E-state index contributed by atoms with van der Waals surface area (Å²) in [7, 11) is 0. The first-order valence-corrected chi connectivity index (χ1v) is 10.5. The lowest BCUT2D eigenvalue weighted by atomic mass is 10.2. The van der Waals surface area contributed by atoms with Crippen molar-refractivity contribution in [3.63, 3.8) is 0 Å². The van der Waals surface area contributed by atoms with Crippen molar-refractivity contribution in [2.24, 2.45) is 0 Å². The van der Waals surface area contributed by atoms with Gasteiger partial charge in [-0.1, -0.05) is 28.1 Å². The van der Waals surface area contributed by atoms with E-state index in [-0.39, 0.29) is 30.7 Å². The number of anilines is 2. The second-order valence-corrected chi connectivity index (χ2v) is 7.94. The van der Waals surface area contributed by atoms with Crippen molar-refractivity contribution in [3.05, 3.63) is 81.0 Å². The molecule has 3 amide bonds. The van der Waals surface area contributed by atoms with E-state index in [1.54, 1.807) is 54.6 Å². The molecule has 3 aromatic rings. The van der Waals surface area contributed by atoms with E-state index >= 15 is 0 Å². The highest BCUT2D eigenvalue weighted by Crippen LogP contribution is 2.18. The van der Waals surface area contributed by atoms with Crippen LogP contribution in [0.2, 0.25) is 0 Å². The summed E-state index contributed by atoms with van der Waals surface area (Å²) in [5.74, 6) is -0.662. The molecule has 2 aromatic carbocycles. The molecule has 6 nitrogen and oxygen atoms in total. The van der Waals surface area contributed by atoms with Gasteiger partial charge in [0.2, 0.25) is 5.91 Å². The molecule has 0 aliphatic rings. The van der Waals surface area contributed by atoms with Crippen molar-refractivity contribution < 1.29 is 14.4 Å². The number of amides is 3. The van der Waals surface area contributed by atoms with Gasteiger partial charge in [0.1, 0.15) is 0 Å². The number of rotatable bonds is 7. The van der Waals surface area contributed by atoms with Crippen molar-refractivity contribution in [1.82, 2.24) is 5.32 Å². The Morgan fingerprint density at radius 3 is 2.28 bits per heavy atom. The molecule has 0 fully saturated rings. The largest absolute Gasteiger partial charge is 0.352 e. The van der Waals surface area contributed by atoms with E-state index in [4.69, 9.17) is 0 Å². The number of hydrogen-bond donors (Lipinski definition) is 3. The second-order valence-electron chi connectivity index (χ2n) is 6.07. The standard InChI is InChI=1S/C21H18BrN3O3S/c22-15-8-6-14(7-9-15)20(27)23-11-10-19(26)24-16-3-1-4-17(13-16)25-21(28)18-5-2-12-29-18/h1-9,12-13H,10-11H2,(H,23,27)(H,24,26)(H,25,28). The number of halogens is 1. The number of carbonyl (C=O) groups excluding carboxylic acids is 3. The fraction of sp³-hybridized carbons (Fsp3) is 0.0952. The topological polar surface area (TPSA) is 87.3 Å². The molecule has 3 rings (SSSR count). The van der Waals surface area contributed by atoms with Gasteiger partial charge in [-0.2, -0.15) is 0 Å². The van der Waals surface area contributed by atoms with Crippen molar-refractivity contribution in [2.45, 2.75) is 6.42 Å². The van der Waals surface area contributed by atoms with Crippen LogP contribution in [-0.2, 0) is 4.79 Å². The first kappa shape index (κ1) is 20.8. The normalized spacial score (nSPS) is 10.2. The summed E-state index contributed by atoms with van der Waals surface area (Å²) in [5.41, 5.74) is 1.69. The maximum atomic E-state index is 12.1. The molecule has 0 atom stereocenters. The third-order valence-electron chi connectivity index (χ3n) is 3.89. The predicted octanol–water partition coefficient (Wildman–Crippen LogP) is 4.52. The maximum absolute atomic E-state index is 12.1. The lowest BCUT2D eigenvalue weighted by molar-refractivity contribution is -0.116. The molecule has 0 aliphatic carbocycles. The van der Waals surface area contributed by atoms with Gasteiger partial charge in [-0.15, -0.1) is 11.3 Å². The summed E-state index contributed by atoms with van der Waals surface area (Å²) in [6.07, 6.45) is 0.133. The van der Waals surface area contributed by atoms with E-state index in [2.05, 4.69) is 31.9 Å². The van der Waals surface area contributed by atoms with Gasteiger partial charge in [0.15, 0.2) is 0 Å². The zero-order valence-corrected chi connectivity index (χ0v) is 17.7. The highest BCUT2D eigenvalue weighted by atomic mass is 79.9. The number of carbonyl (C=O) groups is 3. The molecule has 8 heteroatoms. The minimum Gasteiger partial charge on any atom is -0.352 e. The fourth-order valence-corrected chi connectivity index (χ4v) is 3.37. The summed E-state index contributed by atoms with van der Waals surface area (Å²) >= 11 is 4.68. The van der Waals surface area contributed by atoms with Crippen LogP contribution in [0, 0.1) is 0 Å². The van der Waals surface area contributed by atoms with Crippen LogP contribution < -0.4 is 16.0 Å². The van der Waals surface area contributed by atoms with Gasteiger partial charge in [-0.25, -0.2) is 0 Å². The molecule has 0 radical (unpaired) electrons. The van der Waals surface area contributed by atoms with Crippen LogP contribution in [0.1, 0.15) is 26.5 Å². The number of nitrogens with one attached hydrogen (secondary N) is 3. The molecule has 0 unspecified atom stereocenters. The van der Waals surface area contributed by atoms with E-state index in [0.717, 1.165) is 4.47 Å². The van der Waals surface area contributed by atoms with Crippen LogP contribution >= 0.6 is 27.3 Å². The molecule has 0 spiro atoms. The summed E-state index contributed by atoms with van der Waals surface area (Å²) < 4.78 is 0.891. The summed E-state index contributed by atoms with van der Waals surface area (Å²) in [6.45, 7) is 0.218. The average Bonchev–Trinajstić information content (AvgIpc) is 3.24. The average molecular weight is 472 g/mol. The van der Waals surface area contributed by atoms with Gasteiger partial charge >= 0.3 is 0 Å². The lowest BCUT2D eigenvalue weighted by Gasteiger charge is -2.09. The number of thiophene rings is 1. The Morgan fingerprint density at radius 2 is 1.59 bits per heavy atom. The Balaban J connectivity index is 1.47. The summed E-state index contributed by atoms with van der Waals surface area (Å²) in [4.78, 5) is 36.9. The van der Waals surface area contributed by atoms with E-state index < -0.39 is 0 Å². The number of hydrogen-bond acceptors (Lipinski definition) is 4. The molecule has 1 heterocycles. The molecule has 148 valence electrons. The minimum absolute atomic E-state index is 0.133. The van der Waals surface area contributed by atoms with Gasteiger partial charge in [-0.3, -0.25) is 14.4 Å². The Bertz CT molecular complexity index is 1000. The third kappa shape index (κ3) is 6.27. The smallest absolute Gasteiger partial charge is 0.265 e. The first-order chi connectivity index (χ1) is 14.0. The Hall–Kier alpha value is -2.97. The molecule has 0 aliphatic heterocycles. The zero-order valence-electron chi connectivity index (χ0n) is 15.3. The SMILES string of the molecule is O=C(CCNC(=O)c1ccc(Br)cc1)Nc1cccc(NC(=O)c2cccs2)c1. The Labute approximate surface area is 180 Å². The van der Waals surface area contributed by atoms with Gasteiger partial charge in [0.25, 0.3) is 11.8 Å². The van der Waals surface area contributed by atoms with Crippen molar-refractivity contribution in [2.75, 3.05) is 17.2 Å². The zero-order chi connectivity index (χ0) is 20.6. The van der Waals surface area contributed by atoms with E-state index in [0.29, 0.717) is 21.8 Å². The summed E-state index contributed by atoms with van der Waals surface area (Å²) in [5, 5.41) is 10.1. The minimum atomic E-state index is -0.233. The molecular weight excluding hydrogens is 454 g/mol. The van der Waals surface area contributed by atoms with Crippen LogP contribution in [0.3, 0.4) is 0 Å². The second kappa shape index (κ2) is 9.99. The summed E-state index contributed by atoms with van der Waals surface area (Å²) in [6, 6.07) is 17.4. The van der Waals surface area contributed by atoms with Crippen molar-refractivity contribution >= 4 is 56.4 Å². The lowest BCUT2D eigenvalue weighted by Crippen LogP contribution is -2.27.